The molecule has 70 valence electrons. The molecule has 0 saturated carbocycles. The second-order valence-corrected chi connectivity index (χ2v) is 10.0. The van der Waals surface area contributed by atoms with Crippen molar-refractivity contribution in [2.45, 2.75) is 13.8 Å². The first-order chi connectivity index (χ1) is 6.72. The molecule has 0 aliphatic heterocycles. The van der Waals surface area contributed by atoms with Crippen LogP contribution < -0.4 is 0 Å². The molecule has 0 N–H and O–H groups in total. The Morgan fingerprint density at radius 3 is 2.71 bits per heavy atom. The molecule has 3 aromatic rings. The summed E-state index contributed by atoms with van der Waals surface area (Å²) in [5, 5.41) is 2.99. The van der Waals surface area contributed by atoms with Crippen LogP contribution in [0.25, 0.3) is 18.4 Å². The van der Waals surface area contributed by atoms with Gasteiger partial charge in [-0.3, -0.25) is 0 Å². The molecule has 0 unspecified atom stereocenters. The Kier molecular flexibility index (Phi) is 2.15. The van der Waals surface area contributed by atoms with Crippen LogP contribution in [-0.4, -0.2) is 34.9 Å². The van der Waals surface area contributed by atoms with E-state index >= 15 is 0 Å². The zero-order chi connectivity index (χ0) is 9.71. The minimum absolute atomic E-state index is 0.00721. The van der Waals surface area contributed by atoms with E-state index < -0.39 is 0 Å². The number of benzene rings is 1. The third-order valence-corrected chi connectivity index (χ3v) is 7.42. The van der Waals surface area contributed by atoms with Crippen LogP contribution in [0.3, 0.4) is 0 Å². The monoisotopic (exact) mass is 364 g/mol. The van der Waals surface area contributed by atoms with E-state index in [0.29, 0.717) is 14.5 Å². The first kappa shape index (κ1) is 9.25. The van der Waals surface area contributed by atoms with Gasteiger partial charge in [0.2, 0.25) is 0 Å². The third kappa shape index (κ3) is 1.42. The van der Waals surface area contributed by atoms with Crippen molar-refractivity contribution in [3.63, 3.8) is 0 Å². The van der Waals surface area contributed by atoms with Gasteiger partial charge in [0.1, 0.15) is 0 Å². The third-order valence-electron chi connectivity index (χ3n) is 2.40. The fourth-order valence-electron chi connectivity index (χ4n) is 1.84. The van der Waals surface area contributed by atoms with E-state index in [9.17, 15) is 0 Å². The maximum atomic E-state index is 2.48. The van der Waals surface area contributed by atoms with Crippen LogP contribution in [0.5, 0.6) is 0 Å². The Bertz CT molecular complexity index is 513. The summed E-state index contributed by atoms with van der Waals surface area (Å²) < 4.78 is 6.47. The summed E-state index contributed by atoms with van der Waals surface area (Å²) in [6.45, 7) is 4.53. The molecule has 0 fully saturated rings. The van der Waals surface area contributed by atoms with E-state index in [1.54, 1.807) is 15.7 Å². The Hall–Kier alpha value is 0.00909. The molecule has 0 saturated heterocycles. The maximum absolute atomic E-state index is 2.48. The minimum atomic E-state index is 0.00721. The fraction of sp³-hybridized carbons (Fsp3) is 0.167. The molecule has 2 aromatic heterocycles. The summed E-state index contributed by atoms with van der Waals surface area (Å²) in [7, 11) is 0. The van der Waals surface area contributed by atoms with Crippen LogP contribution in [-0.2, 0) is 0 Å². The predicted octanol–water partition coefficient (Wildman–Crippen LogP) is 2.72. The average molecular weight is 361 g/mol. The van der Waals surface area contributed by atoms with Gasteiger partial charge in [-0.2, -0.15) is 0 Å². The summed E-state index contributed by atoms with van der Waals surface area (Å²) in [5.41, 5.74) is 0. The normalized spacial score (nSPS) is 11.6. The van der Waals surface area contributed by atoms with Gasteiger partial charge in [0.25, 0.3) is 0 Å². The Balaban J connectivity index is 2.49. The molecule has 2 heteroatoms. The van der Waals surface area contributed by atoms with Gasteiger partial charge in [0.05, 0.1) is 0 Å². The van der Waals surface area contributed by atoms with E-state index in [2.05, 4.69) is 38.1 Å². The SMILES string of the molecule is Cc1cc2cc3cc(C)[te]c3cc2[se]1. The van der Waals surface area contributed by atoms with Crippen LogP contribution in [0.4, 0.5) is 0 Å². The van der Waals surface area contributed by atoms with Crippen molar-refractivity contribution in [2.24, 2.45) is 0 Å². The van der Waals surface area contributed by atoms with E-state index in [4.69, 9.17) is 0 Å². The molecule has 2 heterocycles. The number of hydrogen-bond donors (Lipinski definition) is 0. The zero-order valence-electron chi connectivity index (χ0n) is 8.13. The standard InChI is InChI=1S/C12H10SeTe/c1-7-3-9-5-10-4-8(2)14-12(10)6-11(9)13-7/h3-6H,1-2H3. The molecule has 0 bridgehead atoms. The Morgan fingerprint density at radius 1 is 1.00 bits per heavy atom. The van der Waals surface area contributed by atoms with Crippen molar-refractivity contribution in [3.8, 4) is 0 Å². The summed E-state index contributed by atoms with van der Waals surface area (Å²) in [4.78, 5) is 0. The van der Waals surface area contributed by atoms with Gasteiger partial charge < -0.3 is 0 Å². The Labute approximate surface area is 98.9 Å². The van der Waals surface area contributed by atoms with Gasteiger partial charge >= 0.3 is 99.5 Å². The van der Waals surface area contributed by atoms with Gasteiger partial charge in [-0.15, -0.1) is 0 Å². The number of aryl methyl sites for hydroxylation is 2. The van der Waals surface area contributed by atoms with Crippen LogP contribution in [0, 0.1) is 13.8 Å². The van der Waals surface area contributed by atoms with E-state index in [-0.39, 0.29) is 20.4 Å². The molecule has 0 aliphatic rings. The van der Waals surface area contributed by atoms with Gasteiger partial charge in [-0.1, -0.05) is 0 Å². The quantitative estimate of drug-likeness (QED) is 0.541. The first-order valence-corrected chi connectivity index (χ1v) is 8.67. The molecule has 1 aromatic carbocycles. The van der Waals surface area contributed by atoms with Crippen molar-refractivity contribution in [1.82, 2.24) is 0 Å². The number of rotatable bonds is 0. The molecule has 0 spiro atoms. The predicted molar refractivity (Wildman–Crippen MR) is 64.8 cm³/mol. The molecule has 0 atom stereocenters. The van der Waals surface area contributed by atoms with Crippen LogP contribution in [0.2, 0.25) is 0 Å². The summed E-state index contributed by atoms with van der Waals surface area (Å²) >= 11 is 0.626. The summed E-state index contributed by atoms with van der Waals surface area (Å²) in [6.07, 6.45) is 0. The fourth-order valence-corrected chi connectivity index (χ4v) is 7.05. The molecule has 3 rings (SSSR count). The topological polar surface area (TPSA) is 0 Å². The van der Waals surface area contributed by atoms with Crippen molar-refractivity contribution in [1.29, 1.82) is 0 Å². The molecular formula is C12H10SeTe. The molecule has 0 aliphatic carbocycles. The van der Waals surface area contributed by atoms with Crippen molar-refractivity contribution in [2.75, 3.05) is 0 Å². The van der Waals surface area contributed by atoms with E-state index in [1.807, 2.05) is 0 Å². The number of fused-ring (bicyclic) bond motifs is 2. The van der Waals surface area contributed by atoms with Gasteiger partial charge in [-0.05, 0) is 0 Å². The van der Waals surface area contributed by atoms with Crippen molar-refractivity contribution >= 4 is 53.4 Å². The molecule has 0 nitrogen and oxygen atoms in total. The summed E-state index contributed by atoms with van der Waals surface area (Å²) in [6, 6.07) is 9.61. The molecule has 0 radical (unpaired) electrons. The van der Waals surface area contributed by atoms with Crippen LogP contribution in [0.15, 0.2) is 24.3 Å². The molecular weight excluding hydrogens is 351 g/mol. The molecule has 14 heavy (non-hydrogen) atoms. The van der Waals surface area contributed by atoms with Crippen LogP contribution >= 0.6 is 0 Å². The van der Waals surface area contributed by atoms with Gasteiger partial charge in [-0.25, -0.2) is 0 Å². The van der Waals surface area contributed by atoms with Gasteiger partial charge in [0.15, 0.2) is 0 Å². The van der Waals surface area contributed by atoms with Gasteiger partial charge in [0, 0.05) is 0 Å². The van der Waals surface area contributed by atoms with E-state index in [1.165, 1.54) is 10.8 Å². The van der Waals surface area contributed by atoms with Crippen molar-refractivity contribution < 1.29 is 0 Å². The first-order valence-electron chi connectivity index (χ1n) is 4.63. The second-order valence-electron chi connectivity index (χ2n) is 3.64. The summed E-state index contributed by atoms with van der Waals surface area (Å²) in [5.74, 6) is 0. The zero-order valence-corrected chi connectivity index (χ0v) is 12.2. The van der Waals surface area contributed by atoms with Crippen molar-refractivity contribution in [3.05, 3.63) is 32.3 Å². The Morgan fingerprint density at radius 2 is 1.86 bits per heavy atom. The van der Waals surface area contributed by atoms with Crippen LogP contribution in [0.1, 0.15) is 8.02 Å². The number of hydrogen-bond acceptors (Lipinski definition) is 0. The van der Waals surface area contributed by atoms with E-state index in [0.717, 1.165) is 0 Å². The molecule has 0 amide bonds. The average Bonchev–Trinajstić information content (AvgIpc) is 2.59. The second kappa shape index (κ2) is 3.25.